The zero-order valence-electron chi connectivity index (χ0n) is 40.1. The molecule has 6 aromatic rings. The van der Waals surface area contributed by atoms with Gasteiger partial charge in [0.25, 0.3) is 20.0 Å². The van der Waals surface area contributed by atoms with Crippen molar-refractivity contribution in [1.82, 2.24) is 23.1 Å². The monoisotopic (exact) mass is 971 g/mol. The number of carbonyl (C=O) groups is 1. The van der Waals surface area contributed by atoms with Gasteiger partial charge in [-0.05, 0) is 107 Å². The molecule has 0 unspecified atom stereocenters. The molecule has 1 saturated heterocycles. The molecule has 1 N–H and O–H groups in total. The fourth-order valence-corrected chi connectivity index (χ4v) is 10.6. The van der Waals surface area contributed by atoms with Crippen LogP contribution in [0, 0.1) is 13.8 Å². The molecule has 7 rings (SSSR count). The van der Waals surface area contributed by atoms with E-state index in [1.54, 1.807) is 81.1 Å². The molecule has 1 aliphatic rings. The predicted octanol–water partition coefficient (Wildman–Crippen LogP) is 6.99. The Labute approximate surface area is 400 Å². The molecule has 4 aromatic carbocycles. The van der Waals surface area contributed by atoms with Crippen LogP contribution in [0.1, 0.15) is 33.5 Å². The van der Waals surface area contributed by atoms with Gasteiger partial charge in [0, 0.05) is 61.8 Å². The molecule has 0 aliphatic carbocycles. The van der Waals surface area contributed by atoms with Crippen LogP contribution in [0.25, 0.3) is 22.5 Å². The Balaban J connectivity index is 0.000000234. The van der Waals surface area contributed by atoms with Gasteiger partial charge in [0.2, 0.25) is 11.5 Å². The van der Waals surface area contributed by atoms with E-state index < -0.39 is 20.0 Å². The van der Waals surface area contributed by atoms with E-state index >= 15 is 0 Å². The van der Waals surface area contributed by atoms with Gasteiger partial charge in [-0.3, -0.25) is 4.79 Å². The number of aldehydes is 1. The first-order valence-corrected chi connectivity index (χ1v) is 24.8. The molecule has 1 aliphatic heterocycles. The van der Waals surface area contributed by atoms with Crippen molar-refractivity contribution in [1.29, 1.82) is 0 Å². The topological polar surface area (TPSA) is 169 Å². The van der Waals surface area contributed by atoms with E-state index in [0.29, 0.717) is 69.8 Å². The molecule has 2 aromatic heterocycles. The van der Waals surface area contributed by atoms with Crippen LogP contribution >= 0.6 is 0 Å². The number of aryl methyl sites for hydroxylation is 2. The summed E-state index contributed by atoms with van der Waals surface area (Å²) < 4.78 is 89.2. The summed E-state index contributed by atoms with van der Waals surface area (Å²) in [5.41, 5.74) is 4.97. The summed E-state index contributed by atoms with van der Waals surface area (Å²) in [6, 6.07) is 23.6. The minimum atomic E-state index is -3.93. The third-order valence-corrected chi connectivity index (χ3v) is 15.0. The van der Waals surface area contributed by atoms with Crippen molar-refractivity contribution in [3.05, 3.63) is 120 Å². The normalized spacial score (nSPS) is 13.3. The summed E-state index contributed by atoms with van der Waals surface area (Å²) in [4.78, 5) is 16.6. The van der Waals surface area contributed by atoms with Crippen LogP contribution in [-0.4, -0.2) is 130 Å². The van der Waals surface area contributed by atoms with Crippen LogP contribution in [-0.2, 0) is 26.6 Å². The third-order valence-electron chi connectivity index (χ3n) is 11.6. The summed E-state index contributed by atoms with van der Waals surface area (Å²) in [6.45, 7) is 10.7. The van der Waals surface area contributed by atoms with Crippen molar-refractivity contribution >= 4 is 26.3 Å². The van der Waals surface area contributed by atoms with Gasteiger partial charge in [-0.2, -0.15) is 0 Å². The molecular weight excluding hydrogens is 911 g/mol. The Kier molecular flexibility index (Phi) is 17.0. The number of ether oxygens (including phenoxy) is 6. The average Bonchev–Trinajstić information content (AvgIpc) is 4.00. The van der Waals surface area contributed by atoms with Crippen molar-refractivity contribution in [2.75, 3.05) is 89.0 Å². The zero-order chi connectivity index (χ0) is 49.2. The van der Waals surface area contributed by atoms with Crippen LogP contribution < -0.4 is 33.7 Å². The Hall–Kier alpha value is -6.31. The molecule has 0 amide bonds. The standard InChI is InChI=1S/C29H40N4O5S.C21H21NO6S/c1-22-7-9-25(10-8-22)39(34,35)33-21-23(20-30-11-6-12-32-15-13-31(2)14-16-32)17-26(33)24-18-27(36-3)29(38-5)28(19-24)37-4;1-14-5-7-17(8-6-14)29(24,25)22-12-15(13-23)9-18(22)16-10-19(26-2)21(28-4)20(11-16)27-3/h7-10,17-19,21,30H,6,11-16,20H2,1-5H3;5-13H,1-4H3. The second-order valence-electron chi connectivity index (χ2n) is 16.2. The number of rotatable bonds is 19. The highest BCUT2D eigenvalue weighted by Crippen LogP contribution is 2.43. The molecule has 3 heterocycles. The predicted molar refractivity (Wildman–Crippen MR) is 262 cm³/mol. The first kappa shape index (κ1) is 51.1. The largest absolute Gasteiger partial charge is 0.493 e. The number of hydrogen-bond donors (Lipinski definition) is 1. The minimum absolute atomic E-state index is 0.116. The smallest absolute Gasteiger partial charge is 0.268 e. The second kappa shape index (κ2) is 22.7. The quantitative estimate of drug-likeness (QED) is 0.0651. The summed E-state index contributed by atoms with van der Waals surface area (Å²) in [6.07, 6.45) is 4.62. The van der Waals surface area contributed by atoms with E-state index in [9.17, 15) is 21.6 Å². The number of benzene rings is 4. The number of methoxy groups -OCH3 is 6. The summed E-state index contributed by atoms with van der Waals surface area (Å²) >= 11 is 0. The van der Waals surface area contributed by atoms with Crippen molar-refractivity contribution in [3.8, 4) is 57.0 Å². The van der Waals surface area contributed by atoms with Gasteiger partial charge in [0.05, 0.1) is 63.8 Å². The molecule has 68 heavy (non-hydrogen) atoms. The Morgan fingerprint density at radius 2 is 1.00 bits per heavy atom. The lowest BCUT2D eigenvalue weighted by atomic mass is 10.1. The van der Waals surface area contributed by atoms with E-state index in [1.165, 1.54) is 56.8 Å². The van der Waals surface area contributed by atoms with E-state index in [-0.39, 0.29) is 15.4 Å². The van der Waals surface area contributed by atoms with Gasteiger partial charge < -0.3 is 43.5 Å². The van der Waals surface area contributed by atoms with Crippen LogP contribution in [0.5, 0.6) is 34.5 Å². The highest BCUT2D eigenvalue weighted by Gasteiger charge is 2.26. The maximum absolute atomic E-state index is 13.8. The van der Waals surface area contributed by atoms with E-state index in [1.807, 2.05) is 19.9 Å². The first-order valence-electron chi connectivity index (χ1n) is 21.9. The van der Waals surface area contributed by atoms with Crippen molar-refractivity contribution in [2.45, 2.75) is 36.6 Å². The number of nitrogens with one attached hydrogen (secondary N) is 1. The number of carbonyl (C=O) groups excluding carboxylic acids is 1. The van der Waals surface area contributed by atoms with Crippen molar-refractivity contribution < 1.29 is 50.1 Å². The van der Waals surface area contributed by atoms with Crippen molar-refractivity contribution in [2.24, 2.45) is 0 Å². The number of hydrogen-bond acceptors (Lipinski definition) is 14. The van der Waals surface area contributed by atoms with Crippen LogP contribution in [0.3, 0.4) is 0 Å². The lowest BCUT2D eigenvalue weighted by Crippen LogP contribution is -2.45. The molecule has 0 atom stereocenters. The first-order chi connectivity index (χ1) is 32.6. The van der Waals surface area contributed by atoms with Gasteiger partial charge in [-0.15, -0.1) is 0 Å². The minimum Gasteiger partial charge on any atom is -0.493 e. The maximum atomic E-state index is 13.8. The number of piperazine rings is 1. The summed E-state index contributed by atoms with van der Waals surface area (Å²) in [7, 11) is 3.42. The van der Waals surface area contributed by atoms with Gasteiger partial charge in [-0.1, -0.05) is 35.4 Å². The maximum Gasteiger partial charge on any atom is 0.268 e. The van der Waals surface area contributed by atoms with Crippen LogP contribution in [0.15, 0.2) is 107 Å². The van der Waals surface area contributed by atoms with Crippen LogP contribution in [0.4, 0.5) is 0 Å². The van der Waals surface area contributed by atoms with Gasteiger partial charge >= 0.3 is 0 Å². The van der Waals surface area contributed by atoms with Crippen molar-refractivity contribution in [3.63, 3.8) is 0 Å². The average molecular weight is 972 g/mol. The van der Waals surface area contributed by atoms with Gasteiger partial charge in [-0.25, -0.2) is 24.8 Å². The number of nitrogens with zero attached hydrogens (tertiary/aromatic N) is 4. The summed E-state index contributed by atoms with van der Waals surface area (Å²) in [5, 5.41) is 3.49. The molecule has 1 fully saturated rings. The fraction of sp³-hybridized carbons (Fsp3) is 0.340. The Morgan fingerprint density at radius 3 is 1.41 bits per heavy atom. The van der Waals surface area contributed by atoms with Gasteiger partial charge in [0.1, 0.15) is 0 Å². The molecule has 0 bridgehead atoms. The highest BCUT2D eigenvalue weighted by atomic mass is 32.2. The molecule has 18 heteroatoms. The Bertz CT molecular complexity index is 2840. The lowest BCUT2D eigenvalue weighted by Gasteiger charge is -2.32. The number of likely N-dealkylation sites (N-methyl/N-ethyl adjacent to an activating group) is 1. The number of aromatic nitrogens is 2. The Morgan fingerprint density at radius 1 is 0.574 bits per heavy atom. The highest BCUT2D eigenvalue weighted by molar-refractivity contribution is 7.90. The molecule has 364 valence electrons. The second-order valence-corrected chi connectivity index (χ2v) is 19.9. The zero-order valence-corrected chi connectivity index (χ0v) is 41.7. The molecule has 0 spiro atoms. The van der Waals surface area contributed by atoms with E-state index in [4.69, 9.17) is 28.4 Å². The van der Waals surface area contributed by atoms with E-state index in [2.05, 4.69) is 22.2 Å². The third kappa shape index (κ3) is 11.5. The fourth-order valence-electron chi connectivity index (χ4n) is 7.78. The lowest BCUT2D eigenvalue weighted by molar-refractivity contribution is 0.112. The molecule has 0 radical (unpaired) electrons. The molecular formula is C50H61N5O11S2. The SMILES string of the molecule is COc1cc(-c2cc(C=O)cn2S(=O)(=O)c2ccc(C)cc2)cc(OC)c1OC.COc1cc(-c2cc(CNCCCN3CCN(C)CC3)cn2S(=O)(=O)c2ccc(C)cc2)cc(OC)c1OC. The molecule has 0 saturated carbocycles. The summed E-state index contributed by atoms with van der Waals surface area (Å²) in [5.74, 6) is 2.48. The van der Waals surface area contributed by atoms with Crippen LogP contribution in [0.2, 0.25) is 0 Å². The molecule has 16 nitrogen and oxygen atoms in total. The van der Waals surface area contributed by atoms with E-state index in [0.717, 1.165) is 66.4 Å². The van der Waals surface area contributed by atoms with Gasteiger partial charge in [0.15, 0.2) is 29.3 Å².